The summed E-state index contributed by atoms with van der Waals surface area (Å²) in [6.45, 7) is 0.830. The van der Waals surface area contributed by atoms with Crippen LogP contribution in [-0.4, -0.2) is 24.7 Å². The van der Waals surface area contributed by atoms with Crippen LogP contribution < -0.4 is 5.73 Å². The summed E-state index contributed by atoms with van der Waals surface area (Å²) >= 11 is 0. The molecule has 3 heteroatoms. The van der Waals surface area contributed by atoms with Crippen molar-refractivity contribution in [2.75, 3.05) is 19.3 Å². The minimum absolute atomic E-state index is 0.203. The van der Waals surface area contributed by atoms with Crippen LogP contribution in [0.25, 0.3) is 0 Å². The summed E-state index contributed by atoms with van der Waals surface area (Å²) in [6, 6.07) is 7.95. The van der Waals surface area contributed by atoms with Gasteiger partial charge in [0.1, 0.15) is 6.17 Å². The van der Waals surface area contributed by atoms with E-state index in [1.807, 2.05) is 31.3 Å². The number of rotatable bonds is 1. The highest BCUT2D eigenvalue weighted by molar-refractivity contribution is 5.40. The molecule has 0 radical (unpaired) electrons. The van der Waals surface area contributed by atoms with E-state index >= 15 is 0 Å². The summed E-state index contributed by atoms with van der Waals surface area (Å²) in [5.74, 6) is 0. The van der Waals surface area contributed by atoms with Crippen molar-refractivity contribution in [2.24, 2.45) is 0 Å². The molecule has 1 saturated heterocycles. The third-order valence-corrected chi connectivity index (χ3v) is 3.13. The number of piperidine rings is 1. The summed E-state index contributed by atoms with van der Waals surface area (Å²) < 4.78 is 13.3. The Hall–Kier alpha value is -1.09. The Balaban J connectivity index is 2.17. The number of hydrogen-bond acceptors (Lipinski definition) is 2. The van der Waals surface area contributed by atoms with Gasteiger partial charge in [-0.25, -0.2) is 4.39 Å². The first-order valence-corrected chi connectivity index (χ1v) is 5.36. The van der Waals surface area contributed by atoms with Crippen LogP contribution in [-0.2, 0) is 0 Å². The molecule has 1 aromatic rings. The van der Waals surface area contributed by atoms with Gasteiger partial charge >= 0.3 is 0 Å². The van der Waals surface area contributed by atoms with Crippen LogP contribution in [0.2, 0.25) is 0 Å². The number of nitrogens with two attached hydrogens (primary N) is 1. The molecule has 2 atom stereocenters. The summed E-state index contributed by atoms with van der Waals surface area (Å²) in [5, 5.41) is 0. The average molecular weight is 208 g/mol. The zero-order chi connectivity index (χ0) is 10.8. The molecule has 0 saturated carbocycles. The van der Waals surface area contributed by atoms with Gasteiger partial charge in [0.05, 0.1) is 0 Å². The summed E-state index contributed by atoms with van der Waals surface area (Å²) in [5.41, 5.74) is 7.55. The van der Waals surface area contributed by atoms with Gasteiger partial charge < -0.3 is 5.73 Å². The molecule has 1 aliphatic heterocycles. The number of nitrogens with zero attached hydrogens (tertiary/aromatic N) is 1. The van der Waals surface area contributed by atoms with Crippen molar-refractivity contribution in [3.05, 3.63) is 29.8 Å². The van der Waals surface area contributed by atoms with E-state index < -0.39 is 6.17 Å². The zero-order valence-electron chi connectivity index (χ0n) is 8.99. The fraction of sp³-hybridized carbons (Fsp3) is 0.500. The van der Waals surface area contributed by atoms with Gasteiger partial charge in [-0.05, 0) is 37.6 Å². The van der Waals surface area contributed by atoms with Crippen molar-refractivity contribution in [1.29, 1.82) is 0 Å². The van der Waals surface area contributed by atoms with E-state index in [1.165, 1.54) is 0 Å². The van der Waals surface area contributed by atoms with Gasteiger partial charge in [-0.3, -0.25) is 4.90 Å². The molecule has 2 unspecified atom stereocenters. The molecule has 0 aromatic heterocycles. The van der Waals surface area contributed by atoms with Crippen LogP contribution in [0.1, 0.15) is 24.4 Å². The Morgan fingerprint density at radius 3 is 2.67 bits per heavy atom. The van der Waals surface area contributed by atoms with Crippen molar-refractivity contribution < 1.29 is 4.39 Å². The van der Waals surface area contributed by atoms with Crippen LogP contribution in [0.3, 0.4) is 0 Å². The second kappa shape index (κ2) is 4.19. The predicted octanol–water partition coefficient (Wildman–Crippen LogP) is 2.37. The fourth-order valence-electron chi connectivity index (χ4n) is 2.15. The van der Waals surface area contributed by atoms with Crippen molar-refractivity contribution in [2.45, 2.75) is 25.1 Å². The van der Waals surface area contributed by atoms with Gasteiger partial charge in [0, 0.05) is 18.3 Å². The molecule has 2 rings (SSSR count). The second-order valence-electron chi connectivity index (χ2n) is 4.28. The highest BCUT2D eigenvalue weighted by Crippen LogP contribution is 2.31. The summed E-state index contributed by atoms with van der Waals surface area (Å²) in [4.78, 5) is 2.21. The molecule has 82 valence electrons. The third-order valence-electron chi connectivity index (χ3n) is 3.13. The number of benzene rings is 1. The molecule has 1 fully saturated rings. The van der Waals surface area contributed by atoms with Crippen LogP contribution in [0.5, 0.6) is 0 Å². The zero-order valence-corrected chi connectivity index (χ0v) is 8.99. The molecule has 1 aliphatic rings. The van der Waals surface area contributed by atoms with Crippen LogP contribution in [0.15, 0.2) is 24.3 Å². The summed E-state index contributed by atoms with van der Waals surface area (Å²) in [7, 11) is 2.05. The Labute approximate surface area is 89.9 Å². The molecular weight excluding hydrogens is 191 g/mol. The van der Waals surface area contributed by atoms with Gasteiger partial charge in [0.25, 0.3) is 0 Å². The molecule has 0 bridgehead atoms. The van der Waals surface area contributed by atoms with Gasteiger partial charge in [0.2, 0.25) is 0 Å². The summed E-state index contributed by atoms with van der Waals surface area (Å²) in [6.07, 6.45) is 0.589. The van der Waals surface area contributed by atoms with Crippen molar-refractivity contribution in [3.8, 4) is 0 Å². The van der Waals surface area contributed by atoms with E-state index in [1.54, 1.807) is 0 Å². The van der Waals surface area contributed by atoms with Crippen molar-refractivity contribution >= 4 is 5.69 Å². The van der Waals surface area contributed by atoms with E-state index in [2.05, 4.69) is 4.90 Å². The number of likely N-dealkylation sites (tertiary alicyclic amines) is 1. The van der Waals surface area contributed by atoms with Crippen LogP contribution >= 0.6 is 0 Å². The monoisotopic (exact) mass is 208 g/mol. The third kappa shape index (κ3) is 2.29. The maximum absolute atomic E-state index is 13.3. The smallest absolute Gasteiger partial charge is 0.103 e. The molecule has 2 N–H and O–H groups in total. The first kappa shape index (κ1) is 10.4. The average Bonchev–Trinajstić information content (AvgIpc) is 2.23. The predicted molar refractivity (Wildman–Crippen MR) is 60.4 cm³/mol. The molecule has 1 heterocycles. The normalized spacial score (nSPS) is 27.9. The van der Waals surface area contributed by atoms with E-state index in [9.17, 15) is 4.39 Å². The van der Waals surface area contributed by atoms with Crippen LogP contribution in [0.4, 0.5) is 10.1 Å². The number of alkyl halides is 1. The molecule has 1 aromatic carbocycles. The maximum Gasteiger partial charge on any atom is 0.103 e. The largest absolute Gasteiger partial charge is 0.399 e. The van der Waals surface area contributed by atoms with Gasteiger partial charge in [-0.15, -0.1) is 0 Å². The standard InChI is InChI=1S/C12H17FN2/c1-15-7-6-10(13)8-12(15)9-2-4-11(14)5-3-9/h2-5,10,12H,6-8,14H2,1H3. The SMILES string of the molecule is CN1CCC(F)CC1c1ccc(N)cc1. The molecule has 15 heavy (non-hydrogen) atoms. The molecule has 0 aliphatic carbocycles. The lowest BCUT2D eigenvalue weighted by molar-refractivity contribution is 0.114. The first-order chi connectivity index (χ1) is 7.16. The fourth-order valence-corrected chi connectivity index (χ4v) is 2.15. The molecule has 2 nitrogen and oxygen atoms in total. The number of hydrogen-bond donors (Lipinski definition) is 1. The van der Waals surface area contributed by atoms with E-state index in [4.69, 9.17) is 5.73 Å². The Morgan fingerprint density at radius 1 is 1.33 bits per heavy atom. The van der Waals surface area contributed by atoms with E-state index in [-0.39, 0.29) is 6.04 Å². The lowest BCUT2D eigenvalue weighted by Gasteiger charge is -2.34. The van der Waals surface area contributed by atoms with Gasteiger partial charge in [-0.2, -0.15) is 0 Å². The highest BCUT2D eigenvalue weighted by atomic mass is 19.1. The van der Waals surface area contributed by atoms with E-state index in [0.717, 1.165) is 17.8 Å². The van der Waals surface area contributed by atoms with Crippen molar-refractivity contribution in [3.63, 3.8) is 0 Å². The lowest BCUT2D eigenvalue weighted by Crippen LogP contribution is -2.34. The molecular formula is C12H17FN2. The topological polar surface area (TPSA) is 29.3 Å². The maximum atomic E-state index is 13.3. The Kier molecular flexibility index (Phi) is 2.91. The minimum atomic E-state index is -0.663. The number of nitrogen functional groups attached to an aromatic ring is 1. The van der Waals surface area contributed by atoms with Gasteiger partial charge in [-0.1, -0.05) is 12.1 Å². The number of halogens is 1. The quantitative estimate of drug-likeness (QED) is 0.718. The Bertz CT molecular complexity index is 323. The second-order valence-corrected chi connectivity index (χ2v) is 4.28. The number of anilines is 1. The lowest BCUT2D eigenvalue weighted by atomic mass is 9.94. The van der Waals surface area contributed by atoms with Crippen molar-refractivity contribution in [1.82, 2.24) is 4.90 Å². The first-order valence-electron chi connectivity index (χ1n) is 5.36. The van der Waals surface area contributed by atoms with Gasteiger partial charge in [0.15, 0.2) is 0 Å². The molecule has 0 amide bonds. The highest BCUT2D eigenvalue weighted by Gasteiger charge is 2.26. The minimum Gasteiger partial charge on any atom is -0.399 e. The Morgan fingerprint density at radius 2 is 2.00 bits per heavy atom. The van der Waals surface area contributed by atoms with Crippen LogP contribution in [0, 0.1) is 0 Å². The molecule has 0 spiro atoms. The van der Waals surface area contributed by atoms with E-state index in [0.29, 0.717) is 12.8 Å².